The van der Waals surface area contributed by atoms with Crippen LogP contribution in [0.1, 0.15) is 16.1 Å². The smallest absolute Gasteiger partial charge is 0.274 e. The molecule has 0 saturated heterocycles. The van der Waals surface area contributed by atoms with E-state index in [1.807, 2.05) is 18.2 Å². The van der Waals surface area contributed by atoms with E-state index >= 15 is 0 Å². The van der Waals surface area contributed by atoms with Crippen molar-refractivity contribution in [3.05, 3.63) is 46.7 Å². The molecule has 0 aliphatic rings. The van der Waals surface area contributed by atoms with Crippen LogP contribution in [0.15, 0.2) is 30.5 Å². The highest BCUT2D eigenvalue weighted by atomic mass is 35.5. The Morgan fingerprint density at radius 2 is 2.12 bits per heavy atom. The van der Waals surface area contributed by atoms with E-state index in [2.05, 4.69) is 10.3 Å². The summed E-state index contributed by atoms with van der Waals surface area (Å²) in [6, 6.07) is 7.40. The van der Waals surface area contributed by atoms with Gasteiger partial charge in [0.05, 0.1) is 12.7 Å². The van der Waals surface area contributed by atoms with Crippen molar-refractivity contribution in [2.45, 2.75) is 6.54 Å². The highest BCUT2D eigenvalue weighted by Gasteiger charge is 2.08. The molecule has 2 aromatic rings. The predicted molar refractivity (Wildman–Crippen MR) is 60.8 cm³/mol. The van der Waals surface area contributed by atoms with Crippen LogP contribution in [-0.2, 0) is 6.54 Å². The number of benzene rings is 1. The fraction of sp³-hybridized carbons (Fsp3) is 0.100. The van der Waals surface area contributed by atoms with Crippen LogP contribution in [0, 0.1) is 0 Å². The quantitative estimate of drug-likeness (QED) is 0.792. The summed E-state index contributed by atoms with van der Waals surface area (Å²) >= 11 is 11.3. The summed E-state index contributed by atoms with van der Waals surface area (Å²) in [5.74, 6) is 0. The van der Waals surface area contributed by atoms with Crippen LogP contribution in [-0.4, -0.2) is 20.2 Å². The van der Waals surface area contributed by atoms with Gasteiger partial charge in [-0.25, -0.2) is 4.68 Å². The van der Waals surface area contributed by atoms with Gasteiger partial charge in [-0.2, -0.15) is 0 Å². The molecule has 0 fully saturated rings. The molecular formula is C10H7Cl2N3O. The van der Waals surface area contributed by atoms with Gasteiger partial charge in [-0.05, 0) is 23.2 Å². The molecule has 82 valence electrons. The number of nitrogens with zero attached hydrogens (tertiary/aromatic N) is 3. The Labute approximate surface area is 102 Å². The molecule has 4 nitrogen and oxygen atoms in total. The first-order valence-corrected chi connectivity index (χ1v) is 5.26. The Hall–Kier alpha value is -1.39. The predicted octanol–water partition coefficient (Wildman–Crippen LogP) is 2.36. The Bertz CT molecular complexity index is 524. The number of aromatic nitrogens is 3. The fourth-order valence-corrected chi connectivity index (χ4v) is 1.55. The molecule has 6 heteroatoms. The molecule has 0 aliphatic carbocycles. The maximum atomic E-state index is 10.8. The lowest BCUT2D eigenvalue weighted by Crippen LogP contribution is -2.00. The van der Waals surface area contributed by atoms with Crippen molar-refractivity contribution in [1.82, 2.24) is 15.0 Å². The number of halogens is 2. The van der Waals surface area contributed by atoms with Crippen LogP contribution in [0.3, 0.4) is 0 Å². The number of carbonyl (C=O) groups excluding carboxylic acids is 1. The third kappa shape index (κ3) is 2.40. The van der Waals surface area contributed by atoms with Gasteiger partial charge in [0.15, 0.2) is 5.69 Å². The van der Waals surface area contributed by atoms with Gasteiger partial charge in [-0.15, -0.1) is 5.10 Å². The van der Waals surface area contributed by atoms with E-state index in [4.69, 9.17) is 23.2 Å². The lowest BCUT2D eigenvalue weighted by Gasteiger charge is -2.02. The van der Waals surface area contributed by atoms with Gasteiger partial charge in [0, 0.05) is 5.02 Å². The minimum Gasteiger partial charge on any atom is -0.274 e. The molecule has 0 unspecified atom stereocenters. The zero-order valence-electron chi connectivity index (χ0n) is 8.10. The summed E-state index contributed by atoms with van der Waals surface area (Å²) in [5, 5.41) is 7.44. The monoisotopic (exact) mass is 255 g/mol. The van der Waals surface area contributed by atoms with Gasteiger partial charge in [0.2, 0.25) is 0 Å². The molecule has 0 atom stereocenters. The highest BCUT2D eigenvalue weighted by molar-refractivity contribution is 6.67. The summed E-state index contributed by atoms with van der Waals surface area (Å²) in [6.07, 6.45) is 1.48. The zero-order chi connectivity index (χ0) is 11.5. The van der Waals surface area contributed by atoms with Gasteiger partial charge in [0.25, 0.3) is 5.24 Å². The molecule has 0 radical (unpaired) electrons. The molecule has 0 saturated carbocycles. The average molecular weight is 256 g/mol. The number of hydrogen-bond donors (Lipinski definition) is 0. The van der Waals surface area contributed by atoms with Crippen molar-refractivity contribution in [3.63, 3.8) is 0 Å². The van der Waals surface area contributed by atoms with Crippen molar-refractivity contribution >= 4 is 28.4 Å². The van der Waals surface area contributed by atoms with E-state index in [0.29, 0.717) is 11.6 Å². The van der Waals surface area contributed by atoms with Gasteiger partial charge >= 0.3 is 0 Å². The summed E-state index contributed by atoms with van der Waals surface area (Å²) in [7, 11) is 0. The number of carbonyl (C=O) groups is 1. The second-order valence-corrected chi connectivity index (χ2v) is 3.92. The van der Waals surface area contributed by atoms with Crippen molar-refractivity contribution < 1.29 is 4.79 Å². The molecule has 1 aromatic heterocycles. The van der Waals surface area contributed by atoms with E-state index in [9.17, 15) is 4.79 Å². The molecule has 16 heavy (non-hydrogen) atoms. The first kappa shape index (κ1) is 11.1. The van der Waals surface area contributed by atoms with Gasteiger partial charge in [0.1, 0.15) is 0 Å². The van der Waals surface area contributed by atoms with Gasteiger partial charge < -0.3 is 0 Å². The minimum absolute atomic E-state index is 0.133. The molecule has 0 bridgehead atoms. The minimum atomic E-state index is -0.620. The van der Waals surface area contributed by atoms with Crippen LogP contribution in [0.4, 0.5) is 0 Å². The van der Waals surface area contributed by atoms with E-state index < -0.39 is 5.24 Å². The zero-order valence-corrected chi connectivity index (χ0v) is 9.61. The van der Waals surface area contributed by atoms with Gasteiger partial charge in [-0.3, -0.25) is 4.79 Å². The van der Waals surface area contributed by atoms with E-state index in [-0.39, 0.29) is 5.69 Å². The summed E-state index contributed by atoms with van der Waals surface area (Å²) in [4.78, 5) is 10.8. The first-order valence-electron chi connectivity index (χ1n) is 4.50. The molecule has 0 N–H and O–H groups in total. The van der Waals surface area contributed by atoms with Crippen LogP contribution in [0.25, 0.3) is 0 Å². The van der Waals surface area contributed by atoms with E-state index in [1.54, 1.807) is 6.07 Å². The number of rotatable bonds is 3. The van der Waals surface area contributed by atoms with Gasteiger partial charge in [-0.1, -0.05) is 35.0 Å². The Balaban J connectivity index is 2.21. The number of hydrogen-bond acceptors (Lipinski definition) is 3. The van der Waals surface area contributed by atoms with Crippen LogP contribution >= 0.6 is 23.2 Å². The largest absolute Gasteiger partial charge is 0.274 e. The van der Waals surface area contributed by atoms with Crippen molar-refractivity contribution in [3.8, 4) is 0 Å². The second-order valence-electron chi connectivity index (χ2n) is 3.17. The van der Waals surface area contributed by atoms with Crippen LogP contribution < -0.4 is 0 Å². The molecule has 0 amide bonds. The van der Waals surface area contributed by atoms with Crippen molar-refractivity contribution in [2.75, 3.05) is 0 Å². The molecule has 0 spiro atoms. The second kappa shape index (κ2) is 4.63. The summed E-state index contributed by atoms with van der Waals surface area (Å²) in [6.45, 7) is 0.455. The lowest BCUT2D eigenvalue weighted by atomic mass is 10.2. The molecule has 0 aliphatic heterocycles. The summed E-state index contributed by atoms with van der Waals surface area (Å²) in [5.41, 5.74) is 1.04. The lowest BCUT2D eigenvalue weighted by molar-refractivity contribution is 0.107. The topological polar surface area (TPSA) is 47.8 Å². The molecule has 1 heterocycles. The van der Waals surface area contributed by atoms with Crippen LogP contribution in [0.5, 0.6) is 0 Å². The maximum absolute atomic E-state index is 10.8. The Morgan fingerprint density at radius 1 is 1.38 bits per heavy atom. The fourth-order valence-electron chi connectivity index (χ4n) is 1.27. The summed E-state index contributed by atoms with van der Waals surface area (Å²) < 4.78 is 1.51. The Kier molecular flexibility index (Phi) is 3.22. The normalized spacial score (nSPS) is 10.4. The third-order valence-electron chi connectivity index (χ3n) is 2.03. The van der Waals surface area contributed by atoms with Crippen molar-refractivity contribution in [1.29, 1.82) is 0 Å². The first-order chi connectivity index (χ1) is 7.66. The standard InChI is InChI=1S/C10H7Cl2N3O/c11-8-4-2-1-3-7(8)5-15-6-9(10(12)16)13-14-15/h1-4,6H,5H2. The highest BCUT2D eigenvalue weighted by Crippen LogP contribution is 2.15. The van der Waals surface area contributed by atoms with E-state index in [0.717, 1.165) is 5.56 Å². The SMILES string of the molecule is O=C(Cl)c1cn(Cc2ccccc2Cl)nn1. The maximum Gasteiger partial charge on any atom is 0.274 e. The molecule has 1 aromatic carbocycles. The molecule has 2 rings (SSSR count). The van der Waals surface area contributed by atoms with E-state index in [1.165, 1.54) is 10.9 Å². The van der Waals surface area contributed by atoms with Crippen molar-refractivity contribution in [2.24, 2.45) is 0 Å². The average Bonchev–Trinajstić information content (AvgIpc) is 2.70. The van der Waals surface area contributed by atoms with Crippen LogP contribution in [0.2, 0.25) is 5.02 Å². The Morgan fingerprint density at radius 3 is 2.75 bits per heavy atom. The molecular weight excluding hydrogens is 249 g/mol. The third-order valence-corrected chi connectivity index (χ3v) is 2.59.